The third-order valence-electron chi connectivity index (χ3n) is 4.18. The molecule has 0 aliphatic heterocycles. The lowest BCUT2D eigenvalue weighted by Gasteiger charge is -2.06. The van der Waals surface area contributed by atoms with Gasteiger partial charge in [0.05, 0.1) is 33.3 Å². The van der Waals surface area contributed by atoms with Gasteiger partial charge in [0.15, 0.2) is 5.65 Å². The molecule has 0 radical (unpaired) electrons. The molecule has 0 N–H and O–H groups in total. The molecule has 114 valence electrons. The van der Waals surface area contributed by atoms with Crippen molar-refractivity contribution in [1.82, 2.24) is 19.7 Å². The average molecular weight is 331 g/mol. The van der Waals surface area contributed by atoms with Gasteiger partial charge in [-0.25, -0.2) is 14.6 Å². The molecule has 5 heteroatoms. The molecule has 2 aromatic carbocycles. The van der Waals surface area contributed by atoms with Crippen LogP contribution in [0.5, 0.6) is 0 Å². The lowest BCUT2D eigenvalue weighted by atomic mass is 10.1. The summed E-state index contributed by atoms with van der Waals surface area (Å²) in [6, 6.07) is 17.8. The Balaban J connectivity index is 1.90. The molecule has 0 aliphatic carbocycles. The second kappa shape index (κ2) is 5.01. The van der Waals surface area contributed by atoms with Gasteiger partial charge in [0.1, 0.15) is 0 Å². The van der Waals surface area contributed by atoms with Gasteiger partial charge in [0, 0.05) is 17.0 Å². The first kappa shape index (κ1) is 13.5. The number of benzene rings is 2. The highest BCUT2D eigenvalue weighted by molar-refractivity contribution is 6.40. The van der Waals surface area contributed by atoms with Gasteiger partial charge in [0.2, 0.25) is 0 Å². The molecule has 0 fully saturated rings. The molecule has 0 unspecified atom stereocenters. The summed E-state index contributed by atoms with van der Waals surface area (Å²) in [7, 11) is 0. The smallest absolute Gasteiger partial charge is 0.165 e. The summed E-state index contributed by atoms with van der Waals surface area (Å²) in [4.78, 5) is 9.39. The average Bonchev–Trinajstić information content (AvgIpc) is 3.07. The van der Waals surface area contributed by atoms with Crippen molar-refractivity contribution < 1.29 is 0 Å². The number of pyridine rings is 2. The van der Waals surface area contributed by atoms with Crippen LogP contribution in [0.2, 0.25) is 5.02 Å². The van der Waals surface area contributed by atoms with E-state index in [2.05, 4.69) is 10.1 Å². The van der Waals surface area contributed by atoms with Crippen LogP contribution in [0.15, 0.2) is 67.0 Å². The van der Waals surface area contributed by atoms with Gasteiger partial charge in [-0.05, 0) is 18.2 Å². The largest absolute Gasteiger partial charge is 0.247 e. The molecule has 3 aromatic heterocycles. The minimum Gasteiger partial charge on any atom is -0.247 e. The Morgan fingerprint density at radius 3 is 2.46 bits per heavy atom. The number of para-hydroxylation sites is 2. The first-order valence-electron chi connectivity index (χ1n) is 7.59. The van der Waals surface area contributed by atoms with Gasteiger partial charge in [-0.3, -0.25) is 0 Å². The summed E-state index contributed by atoms with van der Waals surface area (Å²) in [6.45, 7) is 0. The molecule has 4 nitrogen and oxygen atoms in total. The maximum Gasteiger partial charge on any atom is 0.165 e. The predicted molar refractivity (Wildman–Crippen MR) is 96.7 cm³/mol. The van der Waals surface area contributed by atoms with Crippen molar-refractivity contribution in [3.63, 3.8) is 0 Å². The topological polar surface area (TPSA) is 43.6 Å². The molecule has 0 saturated heterocycles. The van der Waals surface area contributed by atoms with Gasteiger partial charge < -0.3 is 0 Å². The predicted octanol–water partition coefficient (Wildman–Crippen LogP) is 4.78. The normalized spacial score (nSPS) is 11.5. The van der Waals surface area contributed by atoms with E-state index in [1.165, 1.54) is 0 Å². The Morgan fingerprint density at radius 1 is 0.792 bits per heavy atom. The number of nitrogens with zero attached hydrogens (tertiary/aromatic N) is 4. The quantitative estimate of drug-likeness (QED) is 0.416. The van der Waals surface area contributed by atoms with E-state index in [1.54, 1.807) is 12.4 Å². The number of rotatable bonds is 1. The number of halogens is 1. The maximum absolute atomic E-state index is 6.59. The first-order chi connectivity index (χ1) is 11.8. The highest BCUT2D eigenvalue weighted by atomic mass is 35.5. The summed E-state index contributed by atoms with van der Waals surface area (Å²) in [5.74, 6) is 0. The molecule has 0 amide bonds. The molecule has 24 heavy (non-hydrogen) atoms. The minimum atomic E-state index is 0.678. The number of aromatic nitrogens is 4. The minimum absolute atomic E-state index is 0.678. The lowest BCUT2D eigenvalue weighted by Crippen LogP contribution is -1.97. The third kappa shape index (κ3) is 1.83. The van der Waals surface area contributed by atoms with Crippen molar-refractivity contribution in [1.29, 1.82) is 0 Å². The maximum atomic E-state index is 6.59. The fourth-order valence-electron chi connectivity index (χ4n) is 3.03. The monoisotopic (exact) mass is 330 g/mol. The van der Waals surface area contributed by atoms with Crippen molar-refractivity contribution in [2.75, 3.05) is 0 Å². The lowest BCUT2D eigenvalue weighted by molar-refractivity contribution is 0.897. The van der Waals surface area contributed by atoms with Crippen molar-refractivity contribution in [2.24, 2.45) is 0 Å². The van der Waals surface area contributed by atoms with Crippen LogP contribution < -0.4 is 0 Å². The molecular weight excluding hydrogens is 320 g/mol. The molecule has 0 saturated carbocycles. The number of fused-ring (bicyclic) bond motifs is 4. The second-order valence-electron chi connectivity index (χ2n) is 5.59. The van der Waals surface area contributed by atoms with E-state index in [-0.39, 0.29) is 0 Å². The molecule has 5 rings (SSSR count). The zero-order valence-corrected chi connectivity index (χ0v) is 13.3. The van der Waals surface area contributed by atoms with Crippen molar-refractivity contribution in [3.05, 3.63) is 72.0 Å². The Hall–Kier alpha value is -2.98. The highest BCUT2D eigenvalue weighted by Gasteiger charge is 2.14. The van der Waals surface area contributed by atoms with E-state index in [9.17, 15) is 0 Å². The van der Waals surface area contributed by atoms with Crippen LogP contribution in [0.1, 0.15) is 0 Å². The summed E-state index contributed by atoms with van der Waals surface area (Å²) in [5.41, 5.74) is 3.43. The number of hydrogen-bond acceptors (Lipinski definition) is 3. The zero-order chi connectivity index (χ0) is 16.1. The van der Waals surface area contributed by atoms with Gasteiger partial charge in [-0.15, -0.1) is 0 Å². The summed E-state index contributed by atoms with van der Waals surface area (Å²) in [5, 5.41) is 7.84. The van der Waals surface area contributed by atoms with Crippen molar-refractivity contribution in [2.45, 2.75) is 0 Å². The number of hydrogen-bond donors (Lipinski definition) is 0. The van der Waals surface area contributed by atoms with Gasteiger partial charge in [0.25, 0.3) is 0 Å². The van der Waals surface area contributed by atoms with Crippen LogP contribution in [0.25, 0.3) is 38.5 Å². The van der Waals surface area contributed by atoms with E-state index in [0.29, 0.717) is 5.02 Å². The highest BCUT2D eigenvalue weighted by Crippen LogP contribution is 2.33. The molecule has 3 heterocycles. The Kier molecular flexibility index (Phi) is 2.81. The Morgan fingerprint density at radius 2 is 1.58 bits per heavy atom. The standard InChI is InChI=1S/C19H11ClN4/c20-17-13-8-4-5-9-16(13)23-18-14(17)10-21-19-15(18)11-22-24(19)12-6-2-1-3-7-12/h1-11H. The Labute approximate surface area is 142 Å². The van der Waals surface area contributed by atoms with E-state index in [4.69, 9.17) is 16.6 Å². The molecular formula is C19H11ClN4. The van der Waals surface area contributed by atoms with Crippen LogP contribution >= 0.6 is 11.6 Å². The van der Waals surface area contributed by atoms with Crippen molar-refractivity contribution in [3.8, 4) is 5.69 Å². The first-order valence-corrected chi connectivity index (χ1v) is 7.97. The SMILES string of the molecule is Clc1c2ccccc2nc2c1cnc1c2cnn1-c1ccccc1. The fourth-order valence-corrected chi connectivity index (χ4v) is 3.32. The van der Waals surface area contributed by atoms with E-state index in [1.807, 2.05) is 59.3 Å². The van der Waals surface area contributed by atoms with Crippen LogP contribution in [0.4, 0.5) is 0 Å². The van der Waals surface area contributed by atoms with Crippen LogP contribution in [-0.4, -0.2) is 19.7 Å². The van der Waals surface area contributed by atoms with Crippen LogP contribution in [0, 0.1) is 0 Å². The summed E-state index contributed by atoms with van der Waals surface area (Å²) >= 11 is 6.59. The van der Waals surface area contributed by atoms with Crippen molar-refractivity contribution >= 4 is 44.4 Å². The van der Waals surface area contributed by atoms with E-state index < -0.39 is 0 Å². The molecule has 0 spiro atoms. The van der Waals surface area contributed by atoms with E-state index in [0.717, 1.165) is 38.5 Å². The third-order valence-corrected chi connectivity index (χ3v) is 4.59. The van der Waals surface area contributed by atoms with Gasteiger partial charge >= 0.3 is 0 Å². The van der Waals surface area contributed by atoms with Gasteiger partial charge in [-0.1, -0.05) is 48.0 Å². The second-order valence-corrected chi connectivity index (χ2v) is 5.97. The van der Waals surface area contributed by atoms with Gasteiger partial charge in [-0.2, -0.15) is 5.10 Å². The summed E-state index contributed by atoms with van der Waals surface area (Å²) < 4.78 is 1.82. The fraction of sp³-hybridized carbons (Fsp3) is 0. The molecule has 5 aromatic rings. The molecule has 0 atom stereocenters. The van der Waals surface area contributed by atoms with E-state index >= 15 is 0 Å². The van der Waals surface area contributed by atoms with Crippen LogP contribution in [0.3, 0.4) is 0 Å². The molecule has 0 bridgehead atoms. The summed E-state index contributed by atoms with van der Waals surface area (Å²) in [6.07, 6.45) is 3.58. The Bertz CT molecular complexity index is 1210. The zero-order valence-electron chi connectivity index (χ0n) is 12.5. The molecule has 0 aliphatic rings. The van der Waals surface area contributed by atoms with Crippen LogP contribution in [-0.2, 0) is 0 Å².